The van der Waals surface area contributed by atoms with Gasteiger partial charge < -0.3 is 4.74 Å². The van der Waals surface area contributed by atoms with Crippen molar-refractivity contribution in [2.75, 3.05) is 13.7 Å². The van der Waals surface area contributed by atoms with Crippen molar-refractivity contribution in [2.24, 2.45) is 0 Å². The van der Waals surface area contributed by atoms with Gasteiger partial charge in [0.15, 0.2) is 0 Å². The predicted molar refractivity (Wildman–Crippen MR) is 117 cm³/mol. The van der Waals surface area contributed by atoms with Gasteiger partial charge in [0.25, 0.3) is 5.56 Å². The van der Waals surface area contributed by atoms with Gasteiger partial charge in [-0.1, -0.05) is 42.5 Å². The van der Waals surface area contributed by atoms with Crippen molar-refractivity contribution in [3.8, 4) is 5.75 Å². The van der Waals surface area contributed by atoms with Crippen LogP contribution < -0.4 is 16.0 Å². The second-order valence-corrected chi connectivity index (χ2v) is 7.64. The summed E-state index contributed by atoms with van der Waals surface area (Å²) in [4.78, 5) is 28.6. The number of benzene rings is 2. The highest BCUT2D eigenvalue weighted by Crippen LogP contribution is 2.19. The number of fused-ring (bicyclic) bond motifs is 1. The van der Waals surface area contributed by atoms with Crippen LogP contribution in [0.25, 0.3) is 0 Å². The lowest BCUT2D eigenvalue weighted by atomic mass is 10.0. The molecule has 0 amide bonds. The molecule has 4 rings (SSSR count). The van der Waals surface area contributed by atoms with Crippen LogP contribution in [-0.2, 0) is 32.6 Å². The zero-order chi connectivity index (χ0) is 21.1. The minimum Gasteiger partial charge on any atom is -0.497 e. The van der Waals surface area contributed by atoms with Crippen LogP contribution in [0, 0.1) is 0 Å². The Bertz CT molecular complexity index is 1130. The van der Waals surface area contributed by atoms with Gasteiger partial charge in [0.2, 0.25) is 0 Å². The van der Waals surface area contributed by atoms with Crippen LogP contribution in [0.3, 0.4) is 0 Å². The zero-order valence-electron chi connectivity index (χ0n) is 17.5. The molecule has 0 radical (unpaired) electrons. The molecule has 0 aliphatic carbocycles. The minimum absolute atomic E-state index is 0.164. The van der Waals surface area contributed by atoms with Gasteiger partial charge in [-0.3, -0.25) is 18.8 Å². The van der Waals surface area contributed by atoms with Crippen LogP contribution in [-0.4, -0.2) is 27.7 Å². The minimum atomic E-state index is -0.214. The molecule has 1 aliphatic rings. The van der Waals surface area contributed by atoms with Crippen LogP contribution in [0.5, 0.6) is 5.75 Å². The van der Waals surface area contributed by atoms with E-state index in [1.54, 1.807) is 11.7 Å². The van der Waals surface area contributed by atoms with Gasteiger partial charge >= 0.3 is 5.69 Å². The fourth-order valence-corrected chi connectivity index (χ4v) is 4.16. The lowest BCUT2D eigenvalue weighted by Gasteiger charge is -2.30. The first-order valence-corrected chi connectivity index (χ1v) is 10.3. The Hall–Kier alpha value is -3.12. The lowest BCUT2D eigenvalue weighted by Crippen LogP contribution is -2.47. The first-order chi connectivity index (χ1) is 14.6. The van der Waals surface area contributed by atoms with E-state index >= 15 is 0 Å². The van der Waals surface area contributed by atoms with Gasteiger partial charge in [0.1, 0.15) is 5.75 Å². The summed E-state index contributed by atoms with van der Waals surface area (Å²) >= 11 is 0. The molecule has 2 aromatic carbocycles. The van der Waals surface area contributed by atoms with Crippen molar-refractivity contribution in [3.05, 3.63) is 97.8 Å². The Morgan fingerprint density at radius 1 is 0.900 bits per heavy atom. The maximum Gasteiger partial charge on any atom is 0.331 e. The number of methoxy groups -OCH3 is 1. The predicted octanol–water partition coefficient (Wildman–Crippen LogP) is 2.65. The highest BCUT2D eigenvalue weighted by Gasteiger charge is 2.25. The molecule has 1 aromatic heterocycles. The van der Waals surface area contributed by atoms with Crippen LogP contribution in [0.2, 0.25) is 0 Å². The van der Waals surface area contributed by atoms with Crippen LogP contribution >= 0.6 is 0 Å². The van der Waals surface area contributed by atoms with Crippen molar-refractivity contribution in [1.29, 1.82) is 0 Å². The molecule has 1 aliphatic heterocycles. The molecule has 0 N–H and O–H groups in total. The van der Waals surface area contributed by atoms with E-state index in [-0.39, 0.29) is 11.2 Å². The third-order valence-electron chi connectivity index (χ3n) is 5.75. The number of hydrogen-bond acceptors (Lipinski definition) is 4. The summed E-state index contributed by atoms with van der Waals surface area (Å²) in [5, 5.41) is 0. The number of aromatic nitrogens is 2. The number of ether oxygens (including phenoxy) is 1. The van der Waals surface area contributed by atoms with Crippen LogP contribution in [0.1, 0.15) is 29.3 Å². The van der Waals surface area contributed by atoms with E-state index in [4.69, 9.17) is 4.74 Å². The lowest BCUT2D eigenvalue weighted by molar-refractivity contribution is 0.236. The molecular weight excluding hydrogens is 378 g/mol. The van der Waals surface area contributed by atoms with E-state index in [2.05, 4.69) is 17.0 Å². The SMILES string of the molecule is CCn1c2c(c(=O)n(Cc3ccccc3)c1=O)CN(Cc1ccc(OC)cc1)CC2. The molecule has 30 heavy (non-hydrogen) atoms. The highest BCUT2D eigenvalue weighted by atomic mass is 16.5. The summed E-state index contributed by atoms with van der Waals surface area (Å²) in [6.07, 6.45) is 0.704. The van der Waals surface area contributed by atoms with Gasteiger partial charge in [-0.25, -0.2) is 4.79 Å². The largest absolute Gasteiger partial charge is 0.497 e. The first-order valence-electron chi connectivity index (χ1n) is 10.3. The van der Waals surface area contributed by atoms with Gasteiger partial charge in [0.05, 0.1) is 19.2 Å². The fraction of sp³-hybridized carbons (Fsp3) is 0.333. The average molecular weight is 405 g/mol. The van der Waals surface area contributed by atoms with Crippen molar-refractivity contribution in [1.82, 2.24) is 14.0 Å². The Balaban J connectivity index is 1.65. The molecule has 0 bridgehead atoms. The second kappa shape index (κ2) is 8.71. The van der Waals surface area contributed by atoms with Gasteiger partial charge in [-0.15, -0.1) is 0 Å². The monoisotopic (exact) mass is 405 g/mol. The van der Waals surface area contributed by atoms with E-state index in [1.807, 2.05) is 49.4 Å². The molecule has 0 fully saturated rings. The summed E-state index contributed by atoms with van der Waals surface area (Å²) in [6.45, 7) is 4.95. The molecule has 6 heteroatoms. The number of rotatable bonds is 6. The van der Waals surface area contributed by atoms with Gasteiger partial charge in [-0.2, -0.15) is 0 Å². The molecule has 2 heterocycles. The maximum atomic E-state index is 13.3. The normalized spacial score (nSPS) is 13.8. The molecular formula is C24H27N3O3. The summed E-state index contributed by atoms with van der Waals surface area (Å²) < 4.78 is 8.38. The van der Waals surface area contributed by atoms with Crippen molar-refractivity contribution in [2.45, 2.75) is 39.5 Å². The van der Waals surface area contributed by atoms with Crippen molar-refractivity contribution >= 4 is 0 Å². The summed E-state index contributed by atoms with van der Waals surface area (Å²) in [7, 11) is 1.66. The Labute approximate surface area is 176 Å². The van der Waals surface area contributed by atoms with Gasteiger partial charge in [-0.05, 0) is 30.2 Å². The molecule has 3 aromatic rings. The standard InChI is InChI=1S/C24H27N3O3/c1-3-26-22-13-14-25(15-19-9-11-20(30-2)12-10-19)17-21(22)23(28)27(24(26)29)16-18-7-5-4-6-8-18/h4-12H,3,13-17H2,1-2H3. The summed E-state index contributed by atoms with van der Waals surface area (Å²) in [6, 6.07) is 17.7. The quantitative estimate of drug-likeness (QED) is 0.633. The topological polar surface area (TPSA) is 56.5 Å². The molecule has 156 valence electrons. The molecule has 6 nitrogen and oxygen atoms in total. The molecule has 0 spiro atoms. The summed E-state index contributed by atoms with van der Waals surface area (Å²) in [5.74, 6) is 0.832. The molecule has 0 atom stereocenters. The third kappa shape index (κ3) is 3.96. The first kappa shape index (κ1) is 20.2. The third-order valence-corrected chi connectivity index (χ3v) is 5.75. The summed E-state index contributed by atoms with van der Waals surface area (Å²) in [5.41, 5.74) is 3.38. The smallest absolute Gasteiger partial charge is 0.331 e. The average Bonchev–Trinajstić information content (AvgIpc) is 2.78. The Morgan fingerprint density at radius 2 is 1.60 bits per heavy atom. The molecule has 0 saturated carbocycles. The Kier molecular flexibility index (Phi) is 5.86. The second-order valence-electron chi connectivity index (χ2n) is 7.64. The van der Waals surface area contributed by atoms with Crippen LogP contribution in [0.15, 0.2) is 64.2 Å². The maximum absolute atomic E-state index is 13.3. The van der Waals surface area contributed by atoms with E-state index in [1.165, 1.54) is 10.1 Å². The van der Waals surface area contributed by atoms with E-state index in [0.717, 1.165) is 35.7 Å². The van der Waals surface area contributed by atoms with Crippen LogP contribution in [0.4, 0.5) is 0 Å². The van der Waals surface area contributed by atoms with E-state index < -0.39 is 0 Å². The van der Waals surface area contributed by atoms with Gasteiger partial charge in [0, 0.05) is 38.3 Å². The number of hydrogen-bond donors (Lipinski definition) is 0. The van der Waals surface area contributed by atoms with E-state index in [0.29, 0.717) is 26.1 Å². The van der Waals surface area contributed by atoms with Crippen molar-refractivity contribution < 1.29 is 4.74 Å². The van der Waals surface area contributed by atoms with E-state index in [9.17, 15) is 9.59 Å². The number of nitrogens with zero attached hydrogens (tertiary/aromatic N) is 3. The molecule has 0 unspecified atom stereocenters. The highest BCUT2D eigenvalue weighted by molar-refractivity contribution is 5.28. The Morgan fingerprint density at radius 3 is 2.27 bits per heavy atom. The van der Waals surface area contributed by atoms with Crippen molar-refractivity contribution in [3.63, 3.8) is 0 Å². The fourth-order valence-electron chi connectivity index (χ4n) is 4.16. The zero-order valence-corrected chi connectivity index (χ0v) is 17.5. The molecule has 0 saturated heterocycles.